The first-order valence-corrected chi connectivity index (χ1v) is 5.87. The van der Waals surface area contributed by atoms with Gasteiger partial charge in [0.15, 0.2) is 11.6 Å². The minimum absolute atomic E-state index is 0.146. The zero-order chi connectivity index (χ0) is 13.3. The van der Waals surface area contributed by atoms with Gasteiger partial charge in [-0.25, -0.2) is 8.78 Å². The molecule has 1 aliphatic rings. The van der Waals surface area contributed by atoms with Gasteiger partial charge in [-0.1, -0.05) is 6.92 Å². The molecular formula is C12H14F2N2O2. The summed E-state index contributed by atoms with van der Waals surface area (Å²) in [5.74, 6) is -1.36. The number of non-ortho nitro benzene ring substituents is 1. The van der Waals surface area contributed by atoms with Crippen molar-refractivity contribution in [1.82, 2.24) is 0 Å². The molecule has 98 valence electrons. The van der Waals surface area contributed by atoms with Crippen molar-refractivity contribution in [2.45, 2.75) is 19.8 Å². The van der Waals surface area contributed by atoms with Crippen LogP contribution in [0.4, 0.5) is 20.2 Å². The number of piperidine rings is 1. The van der Waals surface area contributed by atoms with Gasteiger partial charge in [0.05, 0.1) is 17.1 Å². The smallest absolute Gasteiger partial charge is 0.275 e. The fraction of sp³-hybridized carbons (Fsp3) is 0.500. The zero-order valence-electron chi connectivity index (χ0n) is 10.0. The summed E-state index contributed by atoms with van der Waals surface area (Å²) < 4.78 is 27.6. The van der Waals surface area contributed by atoms with Gasteiger partial charge in [0.25, 0.3) is 5.69 Å². The normalized spacial score (nSPS) is 19.9. The van der Waals surface area contributed by atoms with Crippen LogP contribution >= 0.6 is 0 Å². The molecule has 0 aromatic heterocycles. The molecule has 0 radical (unpaired) electrons. The quantitative estimate of drug-likeness (QED) is 0.603. The largest absolute Gasteiger partial charge is 0.367 e. The van der Waals surface area contributed by atoms with E-state index in [4.69, 9.17) is 0 Å². The van der Waals surface area contributed by atoms with Crippen LogP contribution in [0.5, 0.6) is 0 Å². The van der Waals surface area contributed by atoms with Crippen LogP contribution in [0.15, 0.2) is 12.1 Å². The van der Waals surface area contributed by atoms with Crippen LogP contribution in [0.25, 0.3) is 0 Å². The first kappa shape index (κ1) is 12.7. The number of benzene rings is 1. The van der Waals surface area contributed by atoms with E-state index in [0.29, 0.717) is 19.0 Å². The van der Waals surface area contributed by atoms with Gasteiger partial charge in [0.2, 0.25) is 0 Å². The topological polar surface area (TPSA) is 46.4 Å². The SMILES string of the molecule is CC1CCCN(c2c(F)cc([N+](=O)[O-])cc2F)C1. The molecule has 1 heterocycles. The Bertz CT molecular complexity index is 456. The van der Waals surface area contributed by atoms with Crippen LogP contribution in [0, 0.1) is 27.7 Å². The molecule has 18 heavy (non-hydrogen) atoms. The van der Waals surface area contributed by atoms with Crippen molar-refractivity contribution in [2.75, 3.05) is 18.0 Å². The van der Waals surface area contributed by atoms with Gasteiger partial charge in [-0.15, -0.1) is 0 Å². The number of rotatable bonds is 2. The van der Waals surface area contributed by atoms with Gasteiger partial charge in [0, 0.05) is 13.1 Å². The number of hydrogen-bond donors (Lipinski definition) is 0. The highest BCUT2D eigenvalue weighted by molar-refractivity contribution is 5.54. The summed E-state index contributed by atoms with van der Waals surface area (Å²) in [6.07, 6.45) is 1.91. The summed E-state index contributed by atoms with van der Waals surface area (Å²) in [5, 5.41) is 10.5. The molecule has 4 nitrogen and oxygen atoms in total. The van der Waals surface area contributed by atoms with E-state index in [2.05, 4.69) is 0 Å². The number of halogens is 2. The van der Waals surface area contributed by atoms with Crippen molar-refractivity contribution in [2.24, 2.45) is 5.92 Å². The van der Waals surface area contributed by atoms with Crippen LogP contribution in [0.3, 0.4) is 0 Å². The molecule has 2 rings (SSSR count). The number of anilines is 1. The van der Waals surface area contributed by atoms with E-state index < -0.39 is 22.2 Å². The van der Waals surface area contributed by atoms with Crippen LogP contribution < -0.4 is 4.90 Å². The third-order valence-electron chi connectivity index (χ3n) is 3.19. The van der Waals surface area contributed by atoms with Gasteiger partial charge in [-0.05, 0) is 18.8 Å². The summed E-state index contributed by atoms with van der Waals surface area (Å²) in [4.78, 5) is 11.3. The molecule has 0 N–H and O–H groups in total. The Morgan fingerprint density at radius 1 is 1.39 bits per heavy atom. The lowest BCUT2D eigenvalue weighted by molar-refractivity contribution is -0.385. The molecule has 0 aliphatic carbocycles. The summed E-state index contributed by atoms with van der Waals surface area (Å²) in [6.45, 7) is 3.18. The number of nitro groups is 1. The Hall–Kier alpha value is -1.72. The number of nitro benzene ring substituents is 1. The van der Waals surface area contributed by atoms with E-state index in [1.54, 1.807) is 4.90 Å². The van der Waals surface area contributed by atoms with Gasteiger partial charge >= 0.3 is 0 Å². The predicted octanol–water partition coefficient (Wildman–Crippen LogP) is 3.11. The van der Waals surface area contributed by atoms with Crippen molar-refractivity contribution in [3.63, 3.8) is 0 Å². The van der Waals surface area contributed by atoms with Crippen molar-refractivity contribution in [1.29, 1.82) is 0 Å². The minimum atomic E-state index is -0.865. The average molecular weight is 256 g/mol. The molecule has 1 saturated heterocycles. The van der Waals surface area contributed by atoms with Crippen LogP contribution in [-0.4, -0.2) is 18.0 Å². The van der Waals surface area contributed by atoms with Crippen molar-refractivity contribution < 1.29 is 13.7 Å². The molecule has 0 bridgehead atoms. The van der Waals surface area contributed by atoms with Gasteiger partial charge in [0.1, 0.15) is 5.69 Å². The average Bonchev–Trinajstić information content (AvgIpc) is 2.27. The third-order valence-corrected chi connectivity index (χ3v) is 3.19. The monoisotopic (exact) mass is 256 g/mol. The Balaban J connectivity index is 2.36. The van der Waals surface area contributed by atoms with E-state index in [1.165, 1.54) is 0 Å². The maximum atomic E-state index is 13.8. The molecule has 0 amide bonds. The maximum Gasteiger partial charge on any atom is 0.275 e. The fourth-order valence-corrected chi connectivity index (χ4v) is 2.35. The molecule has 1 atom stereocenters. The van der Waals surface area contributed by atoms with E-state index in [1.807, 2.05) is 6.92 Å². The van der Waals surface area contributed by atoms with Crippen LogP contribution in [0.1, 0.15) is 19.8 Å². The predicted molar refractivity (Wildman–Crippen MR) is 63.6 cm³/mol. The molecule has 1 aromatic carbocycles. The van der Waals surface area contributed by atoms with Gasteiger partial charge in [-0.2, -0.15) is 0 Å². The lowest BCUT2D eigenvalue weighted by Crippen LogP contribution is -2.35. The fourth-order valence-electron chi connectivity index (χ4n) is 2.35. The van der Waals surface area contributed by atoms with E-state index in [-0.39, 0.29) is 5.69 Å². The zero-order valence-corrected chi connectivity index (χ0v) is 10.0. The number of nitrogens with zero attached hydrogens (tertiary/aromatic N) is 2. The Labute approximate surface area is 103 Å². The Morgan fingerprint density at radius 2 is 2.00 bits per heavy atom. The molecule has 1 unspecified atom stereocenters. The van der Waals surface area contributed by atoms with Crippen molar-refractivity contribution in [3.05, 3.63) is 33.9 Å². The Kier molecular flexibility index (Phi) is 3.45. The van der Waals surface area contributed by atoms with Crippen LogP contribution in [0.2, 0.25) is 0 Å². The molecule has 6 heteroatoms. The van der Waals surface area contributed by atoms with E-state index >= 15 is 0 Å². The third kappa shape index (κ3) is 2.42. The second-order valence-corrected chi connectivity index (χ2v) is 4.71. The van der Waals surface area contributed by atoms with E-state index in [0.717, 1.165) is 25.0 Å². The van der Waals surface area contributed by atoms with Crippen molar-refractivity contribution >= 4 is 11.4 Å². The molecule has 1 aromatic rings. The minimum Gasteiger partial charge on any atom is -0.367 e. The summed E-state index contributed by atoms with van der Waals surface area (Å²) in [6, 6.07) is 1.55. The van der Waals surface area contributed by atoms with Gasteiger partial charge in [-0.3, -0.25) is 10.1 Å². The van der Waals surface area contributed by atoms with Gasteiger partial charge < -0.3 is 4.90 Å². The molecule has 1 aliphatic heterocycles. The highest BCUT2D eigenvalue weighted by Gasteiger charge is 2.24. The molecule has 0 spiro atoms. The summed E-state index contributed by atoms with van der Waals surface area (Å²) >= 11 is 0. The Morgan fingerprint density at radius 3 is 2.50 bits per heavy atom. The maximum absolute atomic E-state index is 13.8. The lowest BCUT2D eigenvalue weighted by Gasteiger charge is -2.33. The molecule has 1 fully saturated rings. The standard InChI is InChI=1S/C12H14F2N2O2/c1-8-3-2-4-15(7-8)12-10(13)5-9(16(17)18)6-11(12)14/h5-6,8H,2-4,7H2,1H3. The van der Waals surface area contributed by atoms with Crippen LogP contribution in [-0.2, 0) is 0 Å². The first-order valence-electron chi connectivity index (χ1n) is 5.87. The first-order chi connectivity index (χ1) is 8.49. The molecular weight excluding hydrogens is 242 g/mol. The van der Waals surface area contributed by atoms with Crippen molar-refractivity contribution in [3.8, 4) is 0 Å². The second-order valence-electron chi connectivity index (χ2n) is 4.71. The van der Waals surface area contributed by atoms with E-state index in [9.17, 15) is 18.9 Å². The highest BCUT2D eigenvalue weighted by Crippen LogP contribution is 2.31. The summed E-state index contributed by atoms with van der Waals surface area (Å²) in [7, 11) is 0. The number of hydrogen-bond acceptors (Lipinski definition) is 3. The lowest BCUT2D eigenvalue weighted by atomic mass is 9.99. The highest BCUT2D eigenvalue weighted by atomic mass is 19.1. The second kappa shape index (κ2) is 4.88. The summed E-state index contributed by atoms with van der Waals surface area (Å²) in [5.41, 5.74) is -0.703. The molecule has 0 saturated carbocycles.